The van der Waals surface area contributed by atoms with Crippen LogP contribution in [0.2, 0.25) is 0 Å². The van der Waals surface area contributed by atoms with Crippen molar-refractivity contribution >= 4 is 43.5 Å². The molecule has 3 fully saturated rings. The van der Waals surface area contributed by atoms with E-state index in [0.717, 1.165) is 73.8 Å². The van der Waals surface area contributed by atoms with Crippen LogP contribution < -0.4 is 20.7 Å². The molecular weight excluding hydrogens is 510 g/mol. The number of aromatic nitrogens is 4. The lowest BCUT2D eigenvalue weighted by Gasteiger charge is -2.31. The molecule has 4 aromatic rings. The molecule has 3 aliphatic rings. The largest absolute Gasteiger partial charge is 0.461 e. The minimum atomic E-state index is -0.827. The van der Waals surface area contributed by atoms with Gasteiger partial charge in [-0.15, -0.1) is 0 Å². The minimum absolute atomic E-state index is 0.260. The molecule has 0 amide bonds. The van der Waals surface area contributed by atoms with Crippen molar-refractivity contribution in [2.75, 3.05) is 56.5 Å². The van der Waals surface area contributed by atoms with Crippen molar-refractivity contribution in [3.63, 3.8) is 0 Å². The molecule has 0 radical (unpaired) electrons. The fraction of sp³-hybridized carbons (Fsp3) is 0.462. The molecule has 3 aromatic heterocycles. The second kappa shape index (κ2) is 9.21. The van der Waals surface area contributed by atoms with E-state index in [-0.39, 0.29) is 17.4 Å². The Hall–Kier alpha value is -3.22. The summed E-state index contributed by atoms with van der Waals surface area (Å²) in [5.74, 6) is 0.365. The van der Waals surface area contributed by atoms with Crippen molar-refractivity contribution in [3.05, 3.63) is 30.2 Å². The number of alkyl halides is 1. The van der Waals surface area contributed by atoms with Gasteiger partial charge in [0, 0.05) is 56.5 Å². The Morgan fingerprint density at radius 1 is 1.16 bits per heavy atom. The first-order chi connectivity index (χ1) is 18.5. The highest BCUT2D eigenvalue weighted by Gasteiger charge is 2.49. The molecule has 0 saturated carbocycles. The Labute approximate surface area is 222 Å². The minimum Gasteiger partial charge on any atom is -0.461 e. The molecular formula is C26H28F2N8OS. The third-order valence-corrected chi connectivity index (χ3v) is 8.86. The highest BCUT2D eigenvalue weighted by Crippen LogP contribution is 2.41. The molecule has 0 unspecified atom stereocenters. The number of anilines is 2. The zero-order valence-corrected chi connectivity index (χ0v) is 21.6. The van der Waals surface area contributed by atoms with E-state index in [9.17, 15) is 8.78 Å². The molecule has 3 aliphatic heterocycles. The van der Waals surface area contributed by atoms with Crippen LogP contribution in [-0.4, -0.2) is 82.4 Å². The Bertz CT molecular complexity index is 1530. The normalized spacial score (nSPS) is 23.9. The summed E-state index contributed by atoms with van der Waals surface area (Å²) in [6.07, 6.45) is 3.35. The zero-order valence-electron chi connectivity index (χ0n) is 20.8. The number of hydrogen-bond acceptors (Lipinski definition) is 10. The summed E-state index contributed by atoms with van der Waals surface area (Å²) in [6.45, 7) is 4.97. The maximum atomic E-state index is 14.4. The monoisotopic (exact) mass is 538 g/mol. The molecule has 0 bridgehead atoms. The van der Waals surface area contributed by atoms with Crippen molar-refractivity contribution in [1.82, 2.24) is 30.2 Å². The molecule has 198 valence electrons. The van der Waals surface area contributed by atoms with Crippen LogP contribution in [0.1, 0.15) is 19.3 Å². The van der Waals surface area contributed by atoms with E-state index in [4.69, 9.17) is 25.4 Å². The van der Waals surface area contributed by atoms with Gasteiger partial charge >= 0.3 is 6.01 Å². The van der Waals surface area contributed by atoms with Crippen LogP contribution in [0.25, 0.3) is 32.4 Å². The van der Waals surface area contributed by atoms with Crippen LogP contribution in [0.4, 0.5) is 19.7 Å². The quantitative estimate of drug-likeness (QED) is 0.396. The summed E-state index contributed by atoms with van der Waals surface area (Å²) < 4.78 is 35.4. The van der Waals surface area contributed by atoms with Gasteiger partial charge in [-0.05, 0) is 37.6 Å². The summed E-state index contributed by atoms with van der Waals surface area (Å²) in [7, 11) is 0. The predicted molar refractivity (Wildman–Crippen MR) is 144 cm³/mol. The molecule has 2 atom stereocenters. The van der Waals surface area contributed by atoms with Crippen molar-refractivity contribution in [2.24, 2.45) is 0 Å². The number of hydrogen-bond donors (Lipinski definition) is 2. The van der Waals surface area contributed by atoms with E-state index in [1.807, 2.05) is 6.07 Å². The first-order valence-electron chi connectivity index (χ1n) is 13.0. The van der Waals surface area contributed by atoms with Gasteiger partial charge in [0.25, 0.3) is 0 Å². The van der Waals surface area contributed by atoms with Crippen LogP contribution >= 0.6 is 11.3 Å². The summed E-state index contributed by atoms with van der Waals surface area (Å²) in [6, 6.07) is 5.29. The molecule has 7 rings (SSSR count). The topological polar surface area (TPSA) is 105 Å². The van der Waals surface area contributed by atoms with Crippen LogP contribution in [0.3, 0.4) is 0 Å². The van der Waals surface area contributed by atoms with E-state index in [0.29, 0.717) is 46.0 Å². The second-order valence-electron chi connectivity index (χ2n) is 10.3. The Balaban J connectivity index is 1.30. The van der Waals surface area contributed by atoms with E-state index in [1.165, 1.54) is 6.07 Å². The standard InChI is InChI=1S/C26H28F2N8OS/c27-16-11-26(4-1-7-36(26)13-16)14-37-25-32-19-10-15(17-2-3-18(28)22-20(17)33-24(29)38-22)12-31-21(19)23(34-25)35-8-5-30-6-9-35/h2-3,10,12,16,30H,1,4-9,11,13-14H2,(H2,29,33)/t16-,26+/m1/s1. The number of nitrogens with zero attached hydrogens (tertiary/aromatic N) is 6. The molecule has 38 heavy (non-hydrogen) atoms. The van der Waals surface area contributed by atoms with Gasteiger partial charge in [0.1, 0.15) is 24.1 Å². The van der Waals surface area contributed by atoms with Crippen LogP contribution in [0, 0.1) is 5.82 Å². The number of halogens is 2. The molecule has 12 heteroatoms. The summed E-state index contributed by atoms with van der Waals surface area (Å²) in [5.41, 5.74) is 8.88. The molecule has 0 aliphatic carbocycles. The van der Waals surface area contributed by atoms with Gasteiger partial charge in [-0.2, -0.15) is 9.97 Å². The fourth-order valence-electron chi connectivity index (χ4n) is 6.16. The average molecular weight is 539 g/mol. The number of fused-ring (bicyclic) bond motifs is 3. The van der Waals surface area contributed by atoms with Gasteiger partial charge in [-0.1, -0.05) is 11.3 Å². The van der Waals surface area contributed by atoms with E-state index < -0.39 is 6.17 Å². The number of nitrogen functional groups attached to an aromatic ring is 1. The summed E-state index contributed by atoms with van der Waals surface area (Å²) in [5, 5.41) is 3.67. The van der Waals surface area contributed by atoms with Gasteiger partial charge in [-0.25, -0.2) is 13.8 Å². The first-order valence-corrected chi connectivity index (χ1v) is 13.8. The molecule has 6 heterocycles. The number of piperazine rings is 1. The third kappa shape index (κ3) is 4.02. The van der Waals surface area contributed by atoms with Crippen LogP contribution in [0.5, 0.6) is 6.01 Å². The number of nitrogens with two attached hydrogens (primary N) is 1. The lowest BCUT2D eigenvalue weighted by Crippen LogP contribution is -2.44. The van der Waals surface area contributed by atoms with Gasteiger partial charge in [-0.3, -0.25) is 9.88 Å². The smallest absolute Gasteiger partial charge is 0.319 e. The van der Waals surface area contributed by atoms with E-state index >= 15 is 0 Å². The van der Waals surface area contributed by atoms with E-state index in [1.54, 1.807) is 12.3 Å². The molecule has 3 N–H and O–H groups in total. The van der Waals surface area contributed by atoms with E-state index in [2.05, 4.69) is 20.1 Å². The number of rotatable bonds is 5. The predicted octanol–water partition coefficient (Wildman–Crippen LogP) is 3.39. The highest BCUT2D eigenvalue weighted by atomic mass is 32.1. The summed E-state index contributed by atoms with van der Waals surface area (Å²) in [4.78, 5) is 23.1. The molecule has 9 nitrogen and oxygen atoms in total. The third-order valence-electron chi connectivity index (χ3n) is 7.97. The van der Waals surface area contributed by atoms with Gasteiger partial charge < -0.3 is 20.7 Å². The van der Waals surface area contributed by atoms with Crippen molar-refractivity contribution < 1.29 is 13.5 Å². The van der Waals surface area contributed by atoms with Gasteiger partial charge in [0.05, 0.1) is 21.3 Å². The number of ether oxygens (including phenoxy) is 1. The first kappa shape index (κ1) is 23.9. The Morgan fingerprint density at radius 2 is 2.03 bits per heavy atom. The van der Waals surface area contributed by atoms with Crippen LogP contribution in [0.15, 0.2) is 24.4 Å². The lowest BCUT2D eigenvalue weighted by atomic mass is 9.95. The SMILES string of the molecule is Nc1nc2c(-c3cnc4c(N5CCNCC5)nc(OC[C@@]56CCCN5C[C@H](F)C6)nc4c3)ccc(F)c2s1. The maximum Gasteiger partial charge on any atom is 0.319 e. The maximum absolute atomic E-state index is 14.4. The number of nitrogens with one attached hydrogen (secondary N) is 1. The number of thiazole rings is 1. The number of benzene rings is 1. The molecule has 0 spiro atoms. The zero-order chi connectivity index (χ0) is 25.9. The molecule has 1 aromatic carbocycles. The van der Waals surface area contributed by atoms with Gasteiger partial charge in [0.2, 0.25) is 0 Å². The van der Waals surface area contributed by atoms with Crippen molar-refractivity contribution in [3.8, 4) is 17.1 Å². The Morgan fingerprint density at radius 3 is 2.89 bits per heavy atom. The fourth-order valence-corrected chi connectivity index (χ4v) is 6.93. The van der Waals surface area contributed by atoms with Crippen LogP contribution in [-0.2, 0) is 0 Å². The average Bonchev–Trinajstić information content (AvgIpc) is 3.59. The van der Waals surface area contributed by atoms with Crippen molar-refractivity contribution in [2.45, 2.75) is 31.0 Å². The Kier molecular flexibility index (Phi) is 5.78. The lowest BCUT2D eigenvalue weighted by molar-refractivity contribution is 0.107. The highest BCUT2D eigenvalue weighted by molar-refractivity contribution is 7.22. The molecule has 3 saturated heterocycles. The number of pyridine rings is 1. The second-order valence-corrected chi connectivity index (χ2v) is 11.4. The van der Waals surface area contributed by atoms with Gasteiger partial charge in [0.15, 0.2) is 10.9 Å². The summed E-state index contributed by atoms with van der Waals surface area (Å²) >= 11 is 1.12. The van der Waals surface area contributed by atoms with Crippen molar-refractivity contribution in [1.29, 1.82) is 0 Å².